The number of piperazine rings is 1. The van der Waals surface area contributed by atoms with Gasteiger partial charge in [0.1, 0.15) is 11.6 Å². The fourth-order valence-corrected chi connectivity index (χ4v) is 8.60. The lowest BCUT2D eigenvalue weighted by Crippen LogP contribution is -2.50. The summed E-state index contributed by atoms with van der Waals surface area (Å²) in [6.45, 7) is 12.2. The lowest BCUT2D eigenvalue weighted by Gasteiger charge is -2.42. The molecule has 1 amide bonds. The topological polar surface area (TPSA) is 94.9 Å². The third-order valence-electron chi connectivity index (χ3n) is 11.9. The van der Waals surface area contributed by atoms with Crippen LogP contribution in [0.25, 0.3) is 38.6 Å². The van der Waals surface area contributed by atoms with Crippen molar-refractivity contribution in [2.45, 2.75) is 52.5 Å². The molecule has 10 nitrogen and oxygen atoms in total. The average molecular weight is 724 g/mol. The highest BCUT2D eigenvalue weighted by atomic mass is 16.2. The van der Waals surface area contributed by atoms with Crippen LogP contribution in [0.15, 0.2) is 79.3 Å². The molecule has 6 heterocycles. The summed E-state index contributed by atoms with van der Waals surface area (Å²) < 4.78 is 2.23. The summed E-state index contributed by atoms with van der Waals surface area (Å²) in [6.07, 6.45) is 9.94. The Kier molecular flexibility index (Phi) is 9.79. The number of pyridine rings is 2. The fourth-order valence-electron chi connectivity index (χ4n) is 8.60. The molecule has 278 valence electrons. The van der Waals surface area contributed by atoms with Gasteiger partial charge in [0.25, 0.3) is 5.91 Å². The van der Waals surface area contributed by atoms with Crippen LogP contribution in [0.1, 0.15) is 62.4 Å². The highest BCUT2D eigenvalue weighted by molar-refractivity contribution is 6.12. The summed E-state index contributed by atoms with van der Waals surface area (Å²) in [6, 6.07) is 18.5. The predicted molar refractivity (Wildman–Crippen MR) is 216 cm³/mol. The molecule has 0 spiro atoms. The van der Waals surface area contributed by atoms with Gasteiger partial charge in [-0.25, -0.2) is 4.98 Å². The third-order valence-corrected chi connectivity index (χ3v) is 11.9. The fraction of sp³-hybridized carbons (Fsp3) is 0.386. The minimum Gasteiger partial charge on any atom is -0.369 e. The molecule has 3 aliphatic rings. The summed E-state index contributed by atoms with van der Waals surface area (Å²) in [4.78, 5) is 56.6. The van der Waals surface area contributed by atoms with E-state index in [-0.39, 0.29) is 17.5 Å². The first-order valence-electron chi connectivity index (χ1n) is 19.4. The van der Waals surface area contributed by atoms with Crippen LogP contribution in [0.5, 0.6) is 0 Å². The lowest BCUT2D eigenvalue weighted by atomic mass is 9.95. The Hall–Kier alpha value is -5.35. The monoisotopic (exact) mass is 723 g/mol. The van der Waals surface area contributed by atoms with E-state index in [1.54, 1.807) is 4.90 Å². The van der Waals surface area contributed by atoms with Crippen molar-refractivity contribution >= 4 is 56.5 Å². The molecule has 1 atom stereocenters. The van der Waals surface area contributed by atoms with Crippen LogP contribution in [-0.2, 0) is 16.6 Å². The number of hydrogen-bond donors (Lipinski definition) is 0. The zero-order valence-corrected chi connectivity index (χ0v) is 31.8. The average Bonchev–Trinajstić information content (AvgIpc) is 3.63. The molecule has 3 aliphatic heterocycles. The van der Waals surface area contributed by atoms with Crippen molar-refractivity contribution in [3.8, 4) is 11.1 Å². The highest BCUT2D eigenvalue weighted by Crippen LogP contribution is 2.38. The molecular weight excluding hydrogens is 675 g/mol. The van der Waals surface area contributed by atoms with Crippen LogP contribution in [0.2, 0.25) is 0 Å². The van der Waals surface area contributed by atoms with Crippen molar-refractivity contribution in [2.24, 2.45) is 13.0 Å². The number of benzene rings is 2. The standard InChI is InChI=1S/C44H49N7O3/c1-5-34(53)10-13-40(29(3)52)51-39(6-2)35-12-9-33(24-37(35)44(51)54)49-21-19-48(20-22-49)18-16-30-27-50(28-30)43-14-8-32(25-46-43)31-7-11-36-38-26-45-17-15-41(38)47(4)42(36)23-31/h6-9,11-12,14-15,17,23-26,30,40H,5,10,13,16,18-22,27-28H2,1-4H3/b39-6-. The second-order valence-electron chi connectivity index (χ2n) is 15.1. The Balaban J connectivity index is 0.821. The van der Waals surface area contributed by atoms with Gasteiger partial charge in [0.05, 0.1) is 17.1 Å². The first kappa shape index (κ1) is 35.7. The molecular formula is C44H49N7O3. The Labute approximate surface area is 317 Å². The maximum Gasteiger partial charge on any atom is 0.259 e. The van der Waals surface area contributed by atoms with Gasteiger partial charge in [-0.2, -0.15) is 0 Å². The van der Waals surface area contributed by atoms with Gasteiger partial charge in [0.2, 0.25) is 0 Å². The van der Waals surface area contributed by atoms with E-state index in [2.05, 4.69) is 73.8 Å². The van der Waals surface area contributed by atoms with Crippen molar-refractivity contribution in [1.82, 2.24) is 24.3 Å². The minimum atomic E-state index is -0.640. The smallest absolute Gasteiger partial charge is 0.259 e. The number of ketones is 2. The number of hydrogen-bond acceptors (Lipinski definition) is 8. The van der Waals surface area contributed by atoms with Crippen molar-refractivity contribution in [3.63, 3.8) is 0 Å². The largest absolute Gasteiger partial charge is 0.369 e. The maximum absolute atomic E-state index is 13.8. The number of rotatable bonds is 12. The molecule has 3 aromatic heterocycles. The quantitative estimate of drug-likeness (QED) is 0.136. The molecule has 0 radical (unpaired) electrons. The molecule has 0 N–H and O–H groups in total. The Morgan fingerprint density at radius 1 is 0.889 bits per heavy atom. The second-order valence-corrected chi connectivity index (χ2v) is 15.1. The first-order valence-corrected chi connectivity index (χ1v) is 19.4. The van der Waals surface area contributed by atoms with E-state index >= 15 is 0 Å². The van der Waals surface area contributed by atoms with E-state index < -0.39 is 6.04 Å². The van der Waals surface area contributed by atoms with Crippen molar-refractivity contribution in [3.05, 3.63) is 90.4 Å². The lowest BCUT2D eigenvalue weighted by molar-refractivity contribution is -0.121. The number of nitrogens with zero attached hydrogens (tertiary/aromatic N) is 7. The number of allylic oxidation sites excluding steroid dienone is 1. The molecule has 10 heteroatoms. The summed E-state index contributed by atoms with van der Waals surface area (Å²) in [5, 5.41) is 2.39. The number of anilines is 2. The van der Waals surface area contributed by atoms with Crippen LogP contribution in [-0.4, -0.2) is 93.7 Å². The number of aromatic nitrogens is 3. The SMILES string of the molecule is C/C=C1/c2ccc(N3CCN(CCC4CN(c5ccc(-c6ccc7c8cnccc8n(C)c7c6)cn5)C4)CC3)cc2C(=O)N1C(CCC(=O)CC)C(C)=O. The Morgan fingerprint density at radius 2 is 1.69 bits per heavy atom. The van der Waals surface area contributed by atoms with Crippen LogP contribution in [0.3, 0.4) is 0 Å². The summed E-state index contributed by atoms with van der Waals surface area (Å²) >= 11 is 0. The first-order chi connectivity index (χ1) is 26.2. The molecule has 2 aromatic carbocycles. The number of fused-ring (bicyclic) bond motifs is 4. The zero-order chi connectivity index (χ0) is 37.5. The normalized spacial score (nSPS) is 17.8. The molecule has 8 rings (SSSR count). The zero-order valence-electron chi connectivity index (χ0n) is 31.8. The Morgan fingerprint density at radius 3 is 2.41 bits per heavy atom. The summed E-state index contributed by atoms with van der Waals surface area (Å²) in [5.41, 5.74) is 7.95. The maximum atomic E-state index is 13.8. The number of amides is 1. The van der Waals surface area contributed by atoms with Gasteiger partial charge in [-0.15, -0.1) is 0 Å². The van der Waals surface area contributed by atoms with Crippen molar-refractivity contribution < 1.29 is 14.4 Å². The number of carbonyl (C=O) groups is 3. The molecule has 0 saturated carbocycles. The van der Waals surface area contributed by atoms with E-state index in [1.165, 1.54) is 35.2 Å². The summed E-state index contributed by atoms with van der Waals surface area (Å²) in [7, 11) is 2.11. The summed E-state index contributed by atoms with van der Waals surface area (Å²) in [5.74, 6) is 1.56. The Bertz CT molecular complexity index is 2260. The highest BCUT2D eigenvalue weighted by Gasteiger charge is 2.39. The van der Waals surface area contributed by atoms with Crippen LogP contribution >= 0.6 is 0 Å². The molecule has 0 aliphatic carbocycles. The number of aryl methyl sites for hydroxylation is 1. The van der Waals surface area contributed by atoms with E-state index in [1.807, 2.05) is 50.6 Å². The molecule has 2 fully saturated rings. The second kappa shape index (κ2) is 14.8. The predicted octanol–water partition coefficient (Wildman–Crippen LogP) is 6.97. The molecule has 2 saturated heterocycles. The van der Waals surface area contributed by atoms with Gasteiger partial charge in [-0.1, -0.05) is 31.2 Å². The van der Waals surface area contributed by atoms with Gasteiger partial charge >= 0.3 is 0 Å². The van der Waals surface area contributed by atoms with E-state index in [0.717, 1.165) is 79.7 Å². The van der Waals surface area contributed by atoms with Gasteiger partial charge in [-0.3, -0.25) is 29.2 Å². The minimum absolute atomic E-state index is 0.0962. The number of Topliss-reactive ketones (excluding diaryl/α,β-unsaturated/α-hetero) is 2. The van der Waals surface area contributed by atoms with E-state index in [4.69, 9.17) is 4.98 Å². The van der Waals surface area contributed by atoms with Gasteiger partial charge < -0.3 is 14.4 Å². The van der Waals surface area contributed by atoms with Gasteiger partial charge in [-0.05, 0) is 81.1 Å². The van der Waals surface area contributed by atoms with E-state index in [0.29, 0.717) is 30.7 Å². The van der Waals surface area contributed by atoms with Crippen LogP contribution in [0, 0.1) is 5.92 Å². The van der Waals surface area contributed by atoms with Crippen molar-refractivity contribution in [1.29, 1.82) is 0 Å². The van der Waals surface area contributed by atoms with Crippen molar-refractivity contribution in [2.75, 3.05) is 55.6 Å². The van der Waals surface area contributed by atoms with Crippen LogP contribution < -0.4 is 9.80 Å². The van der Waals surface area contributed by atoms with E-state index in [9.17, 15) is 14.4 Å². The molecule has 0 bridgehead atoms. The number of carbonyl (C=O) groups excluding carboxylic acids is 3. The molecule has 5 aromatic rings. The molecule has 54 heavy (non-hydrogen) atoms. The van der Waals surface area contributed by atoms with Gasteiger partial charge in [0.15, 0.2) is 5.78 Å². The molecule has 1 unspecified atom stereocenters. The van der Waals surface area contributed by atoms with Gasteiger partial charge in [0, 0.05) is 117 Å². The van der Waals surface area contributed by atoms with Crippen LogP contribution in [0.4, 0.5) is 11.5 Å². The third kappa shape index (κ3) is 6.57.